The smallest absolute Gasteiger partial charge is 0.222 e. The second-order valence-corrected chi connectivity index (χ2v) is 3.23. The van der Waals surface area contributed by atoms with E-state index >= 15 is 0 Å². The van der Waals surface area contributed by atoms with Crippen molar-refractivity contribution < 1.29 is 4.74 Å². The summed E-state index contributed by atoms with van der Waals surface area (Å²) in [6.45, 7) is 6.24. The van der Waals surface area contributed by atoms with E-state index in [4.69, 9.17) is 10.5 Å². The van der Waals surface area contributed by atoms with Crippen molar-refractivity contribution in [3.05, 3.63) is 11.8 Å². The Balaban J connectivity index is 2.31. The van der Waals surface area contributed by atoms with Crippen LogP contribution in [0.4, 0.5) is 11.8 Å². The van der Waals surface area contributed by atoms with Gasteiger partial charge in [0.15, 0.2) is 0 Å². The van der Waals surface area contributed by atoms with Crippen LogP contribution in [0.25, 0.3) is 0 Å². The molecule has 0 aliphatic heterocycles. The molecule has 1 rings (SSSR count). The van der Waals surface area contributed by atoms with E-state index in [0.717, 1.165) is 37.7 Å². The third-order valence-corrected chi connectivity index (χ3v) is 1.85. The highest BCUT2D eigenvalue weighted by molar-refractivity contribution is 5.39. The van der Waals surface area contributed by atoms with Crippen LogP contribution in [0.15, 0.2) is 6.07 Å². The van der Waals surface area contributed by atoms with Crippen molar-refractivity contribution in [3.8, 4) is 0 Å². The van der Waals surface area contributed by atoms with Gasteiger partial charge >= 0.3 is 0 Å². The van der Waals surface area contributed by atoms with Gasteiger partial charge < -0.3 is 15.8 Å². The largest absolute Gasteiger partial charge is 0.382 e. The molecule has 0 aromatic carbocycles. The molecule has 0 bridgehead atoms. The van der Waals surface area contributed by atoms with E-state index in [0.29, 0.717) is 5.95 Å². The van der Waals surface area contributed by atoms with Crippen LogP contribution in [0, 0.1) is 6.92 Å². The minimum Gasteiger partial charge on any atom is -0.382 e. The number of hydrogen-bond acceptors (Lipinski definition) is 5. The van der Waals surface area contributed by atoms with Crippen molar-refractivity contribution >= 4 is 11.8 Å². The molecule has 1 aromatic rings. The molecule has 0 saturated heterocycles. The number of anilines is 2. The normalized spacial score (nSPS) is 10.3. The number of aromatic nitrogens is 2. The fourth-order valence-electron chi connectivity index (χ4n) is 1.22. The van der Waals surface area contributed by atoms with Crippen LogP contribution in [0.2, 0.25) is 0 Å². The predicted molar refractivity (Wildman–Crippen MR) is 60.8 cm³/mol. The van der Waals surface area contributed by atoms with Crippen LogP contribution in [0.1, 0.15) is 19.0 Å². The summed E-state index contributed by atoms with van der Waals surface area (Å²) in [5, 5.41) is 3.17. The van der Waals surface area contributed by atoms with E-state index in [1.807, 2.05) is 19.9 Å². The molecule has 5 nitrogen and oxygen atoms in total. The maximum atomic E-state index is 5.52. The molecule has 0 saturated carbocycles. The summed E-state index contributed by atoms with van der Waals surface area (Å²) in [5.41, 5.74) is 6.39. The lowest BCUT2D eigenvalue weighted by Crippen LogP contribution is -2.08. The number of ether oxygens (including phenoxy) is 1. The molecule has 84 valence electrons. The molecule has 15 heavy (non-hydrogen) atoms. The summed E-state index contributed by atoms with van der Waals surface area (Å²) in [6, 6.07) is 1.87. The second-order valence-electron chi connectivity index (χ2n) is 3.23. The van der Waals surface area contributed by atoms with E-state index < -0.39 is 0 Å². The average molecular weight is 210 g/mol. The molecule has 1 heterocycles. The Bertz CT molecular complexity index is 283. The molecule has 0 fully saturated rings. The topological polar surface area (TPSA) is 73.1 Å². The lowest BCUT2D eigenvalue weighted by atomic mass is 10.4. The number of aryl methyl sites for hydroxylation is 1. The fourth-order valence-corrected chi connectivity index (χ4v) is 1.22. The fraction of sp³-hybridized carbons (Fsp3) is 0.600. The lowest BCUT2D eigenvalue weighted by molar-refractivity contribution is 0.147. The Hall–Kier alpha value is -1.36. The molecule has 0 aliphatic rings. The van der Waals surface area contributed by atoms with Crippen LogP contribution in [0.3, 0.4) is 0 Å². The zero-order chi connectivity index (χ0) is 11.1. The van der Waals surface area contributed by atoms with Crippen molar-refractivity contribution in [2.24, 2.45) is 0 Å². The minimum atomic E-state index is 0.308. The first-order chi connectivity index (χ1) is 7.22. The zero-order valence-electron chi connectivity index (χ0n) is 9.29. The third kappa shape index (κ3) is 4.60. The van der Waals surface area contributed by atoms with Gasteiger partial charge in [0.2, 0.25) is 5.95 Å². The summed E-state index contributed by atoms with van der Waals surface area (Å²) in [7, 11) is 0. The Morgan fingerprint density at radius 3 is 2.93 bits per heavy atom. The van der Waals surface area contributed by atoms with Crippen LogP contribution >= 0.6 is 0 Å². The van der Waals surface area contributed by atoms with Gasteiger partial charge in [-0.3, -0.25) is 0 Å². The van der Waals surface area contributed by atoms with E-state index in [-0.39, 0.29) is 0 Å². The summed E-state index contributed by atoms with van der Waals surface area (Å²) < 4.78 is 5.22. The van der Waals surface area contributed by atoms with Gasteiger partial charge in [0.05, 0.1) is 0 Å². The first-order valence-electron chi connectivity index (χ1n) is 5.15. The number of rotatable bonds is 6. The highest BCUT2D eigenvalue weighted by Gasteiger charge is 1.97. The predicted octanol–water partition coefficient (Wildman–Crippen LogP) is 1.21. The van der Waals surface area contributed by atoms with Crippen molar-refractivity contribution in [1.82, 2.24) is 9.97 Å². The number of nitrogen functional groups attached to an aromatic ring is 1. The molecule has 3 N–H and O–H groups in total. The molecule has 0 atom stereocenters. The quantitative estimate of drug-likeness (QED) is 0.690. The molecule has 0 aliphatic carbocycles. The highest BCUT2D eigenvalue weighted by Crippen LogP contribution is 2.06. The van der Waals surface area contributed by atoms with Gasteiger partial charge in [-0.15, -0.1) is 0 Å². The molecular formula is C10H18N4O. The van der Waals surface area contributed by atoms with Crippen LogP contribution < -0.4 is 11.1 Å². The van der Waals surface area contributed by atoms with Crippen LogP contribution in [-0.4, -0.2) is 29.7 Å². The van der Waals surface area contributed by atoms with E-state index in [2.05, 4.69) is 15.3 Å². The van der Waals surface area contributed by atoms with Gasteiger partial charge in [-0.1, -0.05) is 0 Å². The first kappa shape index (κ1) is 11.7. The number of nitrogens with zero attached hydrogens (tertiary/aromatic N) is 2. The van der Waals surface area contributed by atoms with E-state index in [1.54, 1.807) is 0 Å². The van der Waals surface area contributed by atoms with Gasteiger partial charge in [-0.25, -0.2) is 4.98 Å². The molecule has 0 unspecified atom stereocenters. The van der Waals surface area contributed by atoms with Crippen molar-refractivity contribution in [2.75, 3.05) is 30.8 Å². The molecule has 0 amide bonds. The number of nitrogens with one attached hydrogen (secondary N) is 1. The Kier molecular flexibility index (Phi) is 4.83. The monoisotopic (exact) mass is 210 g/mol. The third-order valence-electron chi connectivity index (χ3n) is 1.85. The van der Waals surface area contributed by atoms with Gasteiger partial charge in [0, 0.05) is 31.5 Å². The molecule has 5 heteroatoms. The van der Waals surface area contributed by atoms with Crippen molar-refractivity contribution in [3.63, 3.8) is 0 Å². The number of hydrogen-bond donors (Lipinski definition) is 2. The summed E-state index contributed by atoms with van der Waals surface area (Å²) in [5.74, 6) is 1.08. The average Bonchev–Trinajstić information content (AvgIpc) is 2.16. The Morgan fingerprint density at radius 1 is 1.47 bits per heavy atom. The molecule has 1 aromatic heterocycles. The standard InChI is InChI=1S/C10H18N4O/c1-3-15-6-4-5-12-9-7-8(2)13-10(11)14-9/h7H,3-6H2,1-2H3,(H3,11,12,13,14). The SMILES string of the molecule is CCOCCCNc1cc(C)nc(N)n1. The first-order valence-corrected chi connectivity index (χ1v) is 5.15. The molecule has 0 radical (unpaired) electrons. The van der Waals surface area contributed by atoms with Gasteiger partial charge in [0.1, 0.15) is 5.82 Å². The number of nitrogens with two attached hydrogens (primary N) is 1. The van der Waals surface area contributed by atoms with Crippen molar-refractivity contribution in [2.45, 2.75) is 20.3 Å². The summed E-state index contributed by atoms with van der Waals surface area (Å²) in [6.07, 6.45) is 0.955. The summed E-state index contributed by atoms with van der Waals surface area (Å²) >= 11 is 0. The molecule has 0 spiro atoms. The van der Waals surface area contributed by atoms with Crippen LogP contribution in [0.5, 0.6) is 0 Å². The summed E-state index contributed by atoms with van der Waals surface area (Å²) in [4.78, 5) is 8.06. The Morgan fingerprint density at radius 2 is 2.27 bits per heavy atom. The van der Waals surface area contributed by atoms with Gasteiger partial charge in [-0.2, -0.15) is 4.98 Å². The van der Waals surface area contributed by atoms with Gasteiger partial charge in [-0.05, 0) is 20.3 Å². The maximum Gasteiger partial charge on any atom is 0.222 e. The zero-order valence-corrected chi connectivity index (χ0v) is 9.29. The highest BCUT2D eigenvalue weighted by atomic mass is 16.5. The van der Waals surface area contributed by atoms with Gasteiger partial charge in [0.25, 0.3) is 0 Å². The Labute approximate surface area is 90.1 Å². The molecular weight excluding hydrogens is 192 g/mol. The maximum absolute atomic E-state index is 5.52. The van der Waals surface area contributed by atoms with Crippen LogP contribution in [-0.2, 0) is 4.74 Å². The minimum absolute atomic E-state index is 0.308. The van der Waals surface area contributed by atoms with E-state index in [9.17, 15) is 0 Å². The van der Waals surface area contributed by atoms with E-state index in [1.165, 1.54) is 0 Å². The second kappa shape index (κ2) is 6.19. The lowest BCUT2D eigenvalue weighted by Gasteiger charge is -2.06. The van der Waals surface area contributed by atoms with Crippen molar-refractivity contribution in [1.29, 1.82) is 0 Å².